The maximum absolute atomic E-state index is 12.1. The number of hydrogen-bond acceptors (Lipinski definition) is 4. The van der Waals surface area contributed by atoms with Crippen LogP contribution < -0.4 is 5.32 Å². The summed E-state index contributed by atoms with van der Waals surface area (Å²) in [5.41, 5.74) is 1.79. The van der Waals surface area contributed by atoms with E-state index >= 15 is 0 Å². The van der Waals surface area contributed by atoms with Gasteiger partial charge in [-0.1, -0.05) is 0 Å². The Bertz CT molecular complexity index is 589. The lowest BCUT2D eigenvalue weighted by Crippen LogP contribution is -2.33. The largest absolute Gasteiger partial charge is 0.463 e. The van der Waals surface area contributed by atoms with Crippen LogP contribution in [0.25, 0.3) is 11.5 Å². The molecule has 0 atom stereocenters. The van der Waals surface area contributed by atoms with Crippen molar-refractivity contribution in [3.05, 3.63) is 42.3 Å². The molecule has 5 nitrogen and oxygen atoms in total. The third-order valence-corrected chi connectivity index (χ3v) is 3.66. The van der Waals surface area contributed by atoms with E-state index in [9.17, 15) is 4.79 Å². The Hall–Kier alpha value is -2.14. The van der Waals surface area contributed by atoms with Crippen molar-refractivity contribution in [3.8, 4) is 11.5 Å². The van der Waals surface area contributed by atoms with E-state index in [1.807, 2.05) is 24.3 Å². The number of nitrogens with one attached hydrogen (secondary N) is 1. The van der Waals surface area contributed by atoms with Gasteiger partial charge in [0.15, 0.2) is 5.76 Å². The molecule has 1 N–H and O–H groups in total. The first-order chi connectivity index (χ1) is 10.3. The van der Waals surface area contributed by atoms with Gasteiger partial charge in [-0.25, -0.2) is 0 Å². The quantitative estimate of drug-likeness (QED) is 0.937. The number of hydrogen-bond donors (Lipinski definition) is 1. The normalized spacial score (nSPS) is 15.8. The number of pyridine rings is 1. The van der Waals surface area contributed by atoms with Gasteiger partial charge in [-0.15, -0.1) is 0 Å². The molecule has 1 amide bonds. The highest BCUT2D eigenvalue weighted by Gasteiger charge is 2.21. The highest BCUT2D eigenvalue weighted by molar-refractivity contribution is 5.78. The predicted octanol–water partition coefficient (Wildman–Crippen LogP) is 2.38. The average molecular weight is 286 g/mol. The molecule has 2 aromatic heterocycles. The van der Waals surface area contributed by atoms with Crippen LogP contribution in [0.1, 0.15) is 18.4 Å². The maximum atomic E-state index is 12.1. The van der Waals surface area contributed by atoms with E-state index in [-0.39, 0.29) is 11.8 Å². The zero-order valence-electron chi connectivity index (χ0n) is 11.7. The van der Waals surface area contributed by atoms with Gasteiger partial charge in [0, 0.05) is 31.9 Å². The summed E-state index contributed by atoms with van der Waals surface area (Å²) in [5.74, 6) is 0.910. The van der Waals surface area contributed by atoms with Gasteiger partial charge >= 0.3 is 0 Å². The first-order valence-corrected chi connectivity index (χ1v) is 7.17. The molecule has 0 spiro atoms. The Kier molecular flexibility index (Phi) is 4.31. The monoisotopic (exact) mass is 286 g/mol. The second-order valence-electron chi connectivity index (χ2n) is 5.13. The Balaban J connectivity index is 1.60. The van der Waals surface area contributed by atoms with Gasteiger partial charge in [-0.05, 0) is 42.7 Å². The van der Waals surface area contributed by atoms with Gasteiger partial charge in [0.05, 0.1) is 6.26 Å². The minimum atomic E-state index is 0.0742. The van der Waals surface area contributed by atoms with Crippen LogP contribution in [0.3, 0.4) is 0 Å². The Morgan fingerprint density at radius 3 is 2.95 bits per heavy atom. The zero-order valence-corrected chi connectivity index (χ0v) is 11.7. The first kappa shape index (κ1) is 13.8. The van der Waals surface area contributed by atoms with Crippen LogP contribution in [-0.2, 0) is 16.1 Å². The van der Waals surface area contributed by atoms with Crippen molar-refractivity contribution in [3.63, 3.8) is 0 Å². The zero-order chi connectivity index (χ0) is 14.5. The van der Waals surface area contributed by atoms with Gasteiger partial charge in [-0.2, -0.15) is 0 Å². The molecule has 1 aliphatic rings. The molecule has 110 valence electrons. The van der Waals surface area contributed by atoms with E-state index in [4.69, 9.17) is 9.15 Å². The highest BCUT2D eigenvalue weighted by atomic mass is 16.5. The van der Waals surface area contributed by atoms with Gasteiger partial charge in [-0.3, -0.25) is 9.78 Å². The Labute approximate surface area is 123 Å². The molecule has 3 heterocycles. The lowest BCUT2D eigenvalue weighted by Gasteiger charge is -2.21. The molecule has 0 unspecified atom stereocenters. The summed E-state index contributed by atoms with van der Waals surface area (Å²) in [6, 6.07) is 7.53. The first-order valence-electron chi connectivity index (χ1n) is 7.17. The van der Waals surface area contributed by atoms with E-state index in [1.165, 1.54) is 0 Å². The fourth-order valence-corrected chi connectivity index (χ4v) is 2.44. The van der Waals surface area contributed by atoms with E-state index in [0.29, 0.717) is 19.8 Å². The van der Waals surface area contributed by atoms with Crippen molar-refractivity contribution in [1.29, 1.82) is 0 Å². The van der Waals surface area contributed by atoms with E-state index < -0.39 is 0 Å². The van der Waals surface area contributed by atoms with Crippen LogP contribution in [0.5, 0.6) is 0 Å². The number of aromatic nitrogens is 1. The fourth-order valence-electron chi connectivity index (χ4n) is 2.44. The number of carbonyl (C=O) groups is 1. The average Bonchev–Trinajstić information content (AvgIpc) is 3.08. The van der Waals surface area contributed by atoms with Crippen molar-refractivity contribution < 1.29 is 13.9 Å². The van der Waals surface area contributed by atoms with Crippen LogP contribution in [0.15, 0.2) is 41.1 Å². The molecule has 0 radical (unpaired) electrons. The summed E-state index contributed by atoms with van der Waals surface area (Å²) >= 11 is 0. The number of nitrogens with zero attached hydrogens (tertiary/aromatic N) is 1. The molecule has 1 aliphatic heterocycles. The number of amides is 1. The lowest BCUT2D eigenvalue weighted by atomic mass is 9.99. The van der Waals surface area contributed by atoms with E-state index in [2.05, 4.69) is 10.3 Å². The van der Waals surface area contributed by atoms with Crippen molar-refractivity contribution in [2.45, 2.75) is 19.4 Å². The van der Waals surface area contributed by atoms with Crippen molar-refractivity contribution in [2.24, 2.45) is 5.92 Å². The minimum Gasteiger partial charge on any atom is -0.463 e. The van der Waals surface area contributed by atoms with Gasteiger partial charge < -0.3 is 14.5 Å². The smallest absolute Gasteiger partial charge is 0.223 e. The molecular formula is C16H18N2O3. The Morgan fingerprint density at radius 1 is 1.33 bits per heavy atom. The van der Waals surface area contributed by atoms with Crippen LogP contribution in [0.2, 0.25) is 0 Å². The van der Waals surface area contributed by atoms with E-state index in [1.54, 1.807) is 12.5 Å². The van der Waals surface area contributed by atoms with Crippen molar-refractivity contribution >= 4 is 5.91 Å². The summed E-state index contributed by atoms with van der Waals surface area (Å²) in [5, 5.41) is 2.99. The van der Waals surface area contributed by atoms with Crippen LogP contribution >= 0.6 is 0 Å². The summed E-state index contributed by atoms with van der Waals surface area (Å²) in [7, 11) is 0. The molecule has 0 saturated carbocycles. The fraction of sp³-hybridized carbons (Fsp3) is 0.375. The molecule has 0 aromatic carbocycles. The second-order valence-corrected chi connectivity index (χ2v) is 5.13. The van der Waals surface area contributed by atoms with Gasteiger partial charge in [0.2, 0.25) is 5.91 Å². The summed E-state index contributed by atoms with van der Waals surface area (Å²) in [4.78, 5) is 16.4. The molecule has 0 aliphatic carbocycles. The molecule has 1 saturated heterocycles. The van der Waals surface area contributed by atoms with Gasteiger partial charge in [0.25, 0.3) is 0 Å². The van der Waals surface area contributed by atoms with E-state index in [0.717, 1.165) is 29.9 Å². The molecule has 1 fully saturated rings. The molecule has 5 heteroatoms. The molecule has 2 aromatic rings. The minimum absolute atomic E-state index is 0.0742. The molecular weight excluding hydrogens is 268 g/mol. The van der Waals surface area contributed by atoms with Crippen molar-refractivity contribution in [2.75, 3.05) is 13.2 Å². The second kappa shape index (κ2) is 6.54. The summed E-state index contributed by atoms with van der Waals surface area (Å²) in [6.45, 7) is 1.86. The standard InChI is InChI=1S/C16H18N2O3/c19-16(13-4-8-20-9-5-13)18-11-12-3-6-17-14(10-12)15-2-1-7-21-15/h1-3,6-7,10,13H,4-5,8-9,11H2,(H,18,19). The maximum Gasteiger partial charge on any atom is 0.223 e. The van der Waals surface area contributed by atoms with Crippen LogP contribution in [0.4, 0.5) is 0 Å². The SMILES string of the molecule is O=C(NCc1ccnc(-c2ccco2)c1)C1CCOCC1. The van der Waals surface area contributed by atoms with Crippen LogP contribution in [0, 0.1) is 5.92 Å². The topological polar surface area (TPSA) is 64.4 Å². The Morgan fingerprint density at radius 2 is 2.19 bits per heavy atom. The summed E-state index contributed by atoms with van der Waals surface area (Å²) in [6.07, 6.45) is 4.96. The number of rotatable bonds is 4. The number of furan rings is 1. The lowest BCUT2D eigenvalue weighted by molar-refractivity contribution is -0.128. The van der Waals surface area contributed by atoms with Gasteiger partial charge in [0.1, 0.15) is 5.69 Å². The van der Waals surface area contributed by atoms with Crippen LogP contribution in [-0.4, -0.2) is 24.1 Å². The molecule has 21 heavy (non-hydrogen) atoms. The third-order valence-electron chi connectivity index (χ3n) is 3.66. The molecule has 3 rings (SSSR count). The third kappa shape index (κ3) is 3.49. The number of ether oxygens (including phenoxy) is 1. The molecule has 0 bridgehead atoms. The summed E-state index contributed by atoms with van der Waals surface area (Å²) < 4.78 is 10.6. The predicted molar refractivity (Wildman–Crippen MR) is 77.3 cm³/mol. The highest BCUT2D eigenvalue weighted by Crippen LogP contribution is 2.18. The van der Waals surface area contributed by atoms with Crippen molar-refractivity contribution in [1.82, 2.24) is 10.3 Å². The number of carbonyl (C=O) groups excluding carboxylic acids is 1.